The fraction of sp³-hybridized carbons (Fsp3) is 0.400. The van der Waals surface area contributed by atoms with Gasteiger partial charge in [-0.15, -0.1) is 10.2 Å². The van der Waals surface area contributed by atoms with Crippen molar-refractivity contribution in [2.75, 3.05) is 56.1 Å². The normalized spacial score (nSPS) is 17.5. The minimum absolute atomic E-state index is 0.131. The van der Waals surface area contributed by atoms with E-state index in [-0.39, 0.29) is 24.7 Å². The lowest BCUT2D eigenvalue weighted by Gasteiger charge is -2.35. The molecule has 2 aliphatic heterocycles. The van der Waals surface area contributed by atoms with E-state index in [1.54, 1.807) is 29.0 Å². The number of halogens is 3. The molecule has 1 aromatic heterocycles. The van der Waals surface area contributed by atoms with Crippen LogP contribution in [0, 0.1) is 0 Å². The zero-order valence-corrected chi connectivity index (χ0v) is 16.8. The Bertz CT molecular complexity index is 974. The molecule has 2 saturated heterocycles. The molecule has 164 valence electrons. The lowest BCUT2D eigenvalue weighted by Crippen LogP contribution is -2.49. The highest BCUT2D eigenvalue weighted by Crippen LogP contribution is 2.32. The summed E-state index contributed by atoms with van der Waals surface area (Å²) >= 11 is 0. The van der Waals surface area contributed by atoms with Crippen LogP contribution in [-0.2, 0) is 6.18 Å². The summed E-state index contributed by atoms with van der Waals surface area (Å²) in [5.74, 6) is 0.424. The van der Waals surface area contributed by atoms with E-state index in [9.17, 15) is 22.8 Å². The van der Waals surface area contributed by atoms with Gasteiger partial charge in [0.05, 0.1) is 11.1 Å². The zero-order valence-electron chi connectivity index (χ0n) is 16.8. The van der Waals surface area contributed by atoms with E-state index in [1.165, 1.54) is 23.1 Å². The fourth-order valence-corrected chi connectivity index (χ4v) is 3.72. The Morgan fingerprint density at radius 2 is 1.55 bits per heavy atom. The summed E-state index contributed by atoms with van der Waals surface area (Å²) in [7, 11) is 1.72. The monoisotopic (exact) mass is 434 g/mol. The molecular weight excluding hydrogens is 413 g/mol. The number of benzene rings is 1. The summed E-state index contributed by atoms with van der Waals surface area (Å²) in [6.45, 7) is 2.53. The number of amides is 3. The van der Waals surface area contributed by atoms with E-state index in [0.29, 0.717) is 37.8 Å². The van der Waals surface area contributed by atoms with Crippen LogP contribution < -0.4 is 9.80 Å². The average Bonchev–Trinajstić information content (AvgIpc) is 3.11. The molecule has 2 aliphatic rings. The second-order valence-corrected chi connectivity index (χ2v) is 7.43. The highest BCUT2D eigenvalue weighted by Gasteiger charge is 2.36. The van der Waals surface area contributed by atoms with Gasteiger partial charge in [-0.05, 0) is 24.3 Å². The van der Waals surface area contributed by atoms with E-state index in [1.807, 2.05) is 4.90 Å². The molecule has 0 bridgehead atoms. The topological polar surface area (TPSA) is 72.9 Å². The van der Waals surface area contributed by atoms with Crippen molar-refractivity contribution in [1.82, 2.24) is 20.0 Å². The number of carbonyl (C=O) groups excluding carboxylic acids is 2. The molecule has 11 heteroatoms. The maximum atomic E-state index is 13.2. The van der Waals surface area contributed by atoms with Crippen molar-refractivity contribution in [2.45, 2.75) is 6.18 Å². The van der Waals surface area contributed by atoms with Gasteiger partial charge >= 0.3 is 12.2 Å². The molecule has 1 aromatic carbocycles. The number of hydrogen-bond donors (Lipinski definition) is 0. The molecular formula is C20H21F3N6O2. The van der Waals surface area contributed by atoms with Crippen LogP contribution in [0.5, 0.6) is 0 Å². The highest BCUT2D eigenvalue weighted by molar-refractivity contribution is 5.96. The summed E-state index contributed by atoms with van der Waals surface area (Å²) in [6.07, 6.45) is -4.59. The van der Waals surface area contributed by atoms with Gasteiger partial charge in [0.15, 0.2) is 11.6 Å². The van der Waals surface area contributed by atoms with Crippen molar-refractivity contribution in [3.63, 3.8) is 0 Å². The highest BCUT2D eigenvalue weighted by atomic mass is 19.4. The van der Waals surface area contributed by atoms with Gasteiger partial charge in [0.1, 0.15) is 0 Å². The van der Waals surface area contributed by atoms with Gasteiger partial charge in [0, 0.05) is 46.3 Å². The Hall–Kier alpha value is -3.37. The number of aromatic nitrogens is 2. The summed E-state index contributed by atoms with van der Waals surface area (Å²) in [4.78, 5) is 31.2. The Labute approximate surface area is 176 Å². The van der Waals surface area contributed by atoms with Gasteiger partial charge in [0.2, 0.25) is 0 Å². The van der Waals surface area contributed by atoms with Crippen LogP contribution in [0.3, 0.4) is 0 Å². The summed E-state index contributed by atoms with van der Waals surface area (Å²) in [5, 5.41) is 8.33. The van der Waals surface area contributed by atoms with Gasteiger partial charge in [-0.3, -0.25) is 9.69 Å². The van der Waals surface area contributed by atoms with Crippen LogP contribution in [0.25, 0.3) is 0 Å². The Balaban J connectivity index is 1.40. The third-order valence-electron chi connectivity index (χ3n) is 5.48. The molecule has 0 N–H and O–H groups in total. The summed E-state index contributed by atoms with van der Waals surface area (Å²) in [5.41, 5.74) is -1.26. The minimum atomic E-state index is -4.59. The van der Waals surface area contributed by atoms with E-state index in [4.69, 9.17) is 0 Å². The smallest absolute Gasteiger partial charge is 0.352 e. The molecule has 3 heterocycles. The molecule has 0 aliphatic carbocycles. The van der Waals surface area contributed by atoms with E-state index < -0.39 is 17.6 Å². The first-order valence-electron chi connectivity index (χ1n) is 9.82. The molecule has 0 atom stereocenters. The Kier molecular flexibility index (Phi) is 5.42. The zero-order chi connectivity index (χ0) is 22.2. The predicted molar refractivity (Wildman–Crippen MR) is 107 cm³/mol. The van der Waals surface area contributed by atoms with Crippen molar-refractivity contribution in [3.8, 4) is 0 Å². The van der Waals surface area contributed by atoms with Gasteiger partial charge in [-0.1, -0.05) is 12.1 Å². The van der Waals surface area contributed by atoms with Gasteiger partial charge in [0.25, 0.3) is 5.91 Å². The first-order chi connectivity index (χ1) is 14.8. The maximum absolute atomic E-state index is 13.2. The van der Waals surface area contributed by atoms with Crippen molar-refractivity contribution >= 4 is 23.6 Å². The number of hydrogen-bond acceptors (Lipinski definition) is 5. The second-order valence-electron chi connectivity index (χ2n) is 7.43. The Morgan fingerprint density at radius 3 is 2.13 bits per heavy atom. The van der Waals surface area contributed by atoms with Gasteiger partial charge < -0.3 is 14.7 Å². The third kappa shape index (κ3) is 4.12. The maximum Gasteiger partial charge on any atom is 0.417 e. The number of likely N-dealkylation sites (N-methyl/N-ethyl adjacent to an activating group) is 1. The average molecular weight is 434 g/mol. The van der Waals surface area contributed by atoms with Gasteiger partial charge in [-0.2, -0.15) is 13.2 Å². The lowest BCUT2D eigenvalue weighted by molar-refractivity contribution is -0.138. The van der Waals surface area contributed by atoms with Gasteiger partial charge in [-0.25, -0.2) is 4.79 Å². The summed E-state index contributed by atoms with van der Waals surface area (Å²) < 4.78 is 39.7. The third-order valence-corrected chi connectivity index (χ3v) is 5.48. The first-order valence-corrected chi connectivity index (χ1v) is 9.82. The van der Waals surface area contributed by atoms with Crippen LogP contribution >= 0.6 is 0 Å². The standard InChI is InChI=1S/C20H21F3N6O2/c1-26-8-13-29(19(26)31)17-7-6-16(24-25-17)27-9-11-28(12-10-27)18(30)14-4-2-3-5-15(14)20(21,22)23/h2-7H,8-13H2,1H3. The number of alkyl halides is 3. The number of anilines is 2. The van der Waals surface area contributed by atoms with E-state index >= 15 is 0 Å². The van der Waals surface area contributed by atoms with Crippen molar-refractivity contribution in [1.29, 1.82) is 0 Å². The Morgan fingerprint density at radius 1 is 0.903 bits per heavy atom. The number of rotatable bonds is 3. The lowest BCUT2D eigenvalue weighted by atomic mass is 10.1. The molecule has 0 radical (unpaired) electrons. The minimum Gasteiger partial charge on any atom is -0.352 e. The van der Waals surface area contributed by atoms with E-state index in [0.717, 1.165) is 6.07 Å². The molecule has 0 saturated carbocycles. The molecule has 2 fully saturated rings. The SMILES string of the molecule is CN1CCN(c2ccc(N3CCN(C(=O)c4ccccc4C(F)(F)F)CC3)nn2)C1=O. The summed E-state index contributed by atoms with van der Waals surface area (Å²) in [6, 6.07) is 8.17. The quantitative estimate of drug-likeness (QED) is 0.742. The van der Waals surface area contributed by atoms with E-state index in [2.05, 4.69) is 10.2 Å². The molecule has 2 aromatic rings. The first kappa shape index (κ1) is 20.9. The fourth-order valence-electron chi connectivity index (χ4n) is 3.72. The van der Waals surface area contributed by atoms with Crippen molar-refractivity contribution in [3.05, 3.63) is 47.5 Å². The van der Waals surface area contributed by atoms with Crippen LogP contribution in [0.1, 0.15) is 15.9 Å². The molecule has 0 spiro atoms. The molecule has 4 rings (SSSR count). The second kappa shape index (κ2) is 8.05. The van der Waals surface area contributed by atoms with Crippen LogP contribution in [0.2, 0.25) is 0 Å². The van der Waals surface area contributed by atoms with Crippen molar-refractivity contribution in [2.24, 2.45) is 0 Å². The number of carbonyl (C=O) groups is 2. The largest absolute Gasteiger partial charge is 0.417 e. The molecule has 0 unspecified atom stereocenters. The molecule has 31 heavy (non-hydrogen) atoms. The number of urea groups is 1. The van der Waals surface area contributed by atoms with Crippen LogP contribution in [-0.4, -0.2) is 78.3 Å². The number of piperazine rings is 1. The van der Waals surface area contributed by atoms with Crippen LogP contribution in [0.15, 0.2) is 36.4 Å². The van der Waals surface area contributed by atoms with Crippen molar-refractivity contribution < 1.29 is 22.8 Å². The number of nitrogens with zero attached hydrogens (tertiary/aromatic N) is 6. The van der Waals surface area contributed by atoms with Crippen LogP contribution in [0.4, 0.5) is 29.6 Å². The molecule has 8 nitrogen and oxygen atoms in total. The predicted octanol–water partition coefficient (Wildman–Crippen LogP) is 2.33. The molecule has 3 amide bonds.